The van der Waals surface area contributed by atoms with Gasteiger partial charge in [0, 0.05) is 5.54 Å². The van der Waals surface area contributed by atoms with Gasteiger partial charge in [-0.15, -0.1) is 0 Å². The Morgan fingerprint density at radius 3 is 2.11 bits per heavy atom. The number of benzene rings is 1. The summed E-state index contributed by atoms with van der Waals surface area (Å²) in [4.78, 5) is 2.76. The number of nitrogens with zero attached hydrogens (tertiary/aromatic N) is 1. The second-order valence-electron chi connectivity index (χ2n) is 6.01. The third-order valence-electron chi connectivity index (χ3n) is 5.02. The molecular formula is C17H25NO. The van der Waals surface area contributed by atoms with Crippen LogP contribution in [0.4, 0.5) is 0 Å². The standard InChI is InChI=1S/C17H25NO/c1-19-16-9-7-15(8-10-16)17(11-3-2-4-12-17)18-13-5-6-14-18/h7-10H,2-6,11-14H2,1H3. The Hall–Kier alpha value is -1.02. The van der Waals surface area contributed by atoms with Gasteiger partial charge in [-0.25, -0.2) is 0 Å². The highest BCUT2D eigenvalue weighted by Crippen LogP contribution is 2.44. The van der Waals surface area contributed by atoms with Crippen molar-refractivity contribution in [1.29, 1.82) is 0 Å². The zero-order chi connectivity index (χ0) is 13.1. The summed E-state index contributed by atoms with van der Waals surface area (Å²) in [6, 6.07) is 8.84. The lowest BCUT2D eigenvalue weighted by atomic mass is 9.75. The molecule has 3 rings (SSSR count). The molecule has 2 heteroatoms. The van der Waals surface area contributed by atoms with Crippen molar-refractivity contribution in [2.75, 3.05) is 20.2 Å². The number of hydrogen-bond acceptors (Lipinski definition) is 2. The van der Waals surface area contributed by atoms with E-state index < -0.39 is 0 Å². The largest absolute Gasteiger partial charge is 0.497 e. The minimum Gasteiger partial charge on any atom is -0.497 e. The van der Waals surface area contributed by atoms with Crippen LogP contribution in [0.1, 0.15) is 50.5 Å². The van der Waals surface area contributed by atoms with E-state index in [9.17, 15) is 0 Å². The van der Waals surface area contributed by atoms with Crippen LogP contribution in [0.15, 0.2) is 24.3 Å². The zero-order valence-electron chi connectivity index (χ0n) is 12.0. The number of hydrogen-bond donors (Lipinski definition) is 0. The molecule has 1 saturated carbocycles. The maximum atomic E-state index is 5.30. The molecule has 2 aliphatic rings. The van der Waals surface area contributed by atoms with Gasteiger partial charge < -0.3 is 4.74 Å². The van der Waals surface area contributed by atoms with E-state index in [1.54, 1.807) is 7.11 Å². The molecule has 19 heavy (non-hydrogen) atoms. The van der Waals surface area contributed by atoms with E-state index in [0.717, 1.165) is 5.75 Å². The van der Waals surface area contributed by atoms with E-state index in [1.807, 2.05) is 0 Å². The second-order valence-corrected chi connectivity index (χ2v) is 6.01. The van der Waals surface area contributed by atoms with E-state index in [2.05, 4.69) is 29.2 Å². The molecule has 104 valence electrons. The van der Waals surface area contributed by atoms with Crippen LogP contribution < -0.4 is 4.74 Å². The van der Waals surface area contributed by atoms with Crippen LogP contribution in [0, 0.1) is 0 Å². The minimum atomic E-state index is 0.320. The van der Waals surface area contributed by atoms with Crippen molar-refractivity contribution in [2.24, 2.45) is 0 Å². The molecule has 1 heterocycles. The Balaban J connectivity index is 1.92. The monoisotopic (exact) mass is 259 g/mol. The first kappa shape index (κ1) is 13.0. The maximum absolute atomic E-state index is 5.30. The van der Waals surface area contributed by atoms with Gasteiger partial charge in [0.25, 0.3) is 0 Å². The quantitative estimate of drug-likeness (QED) is 0.815. The van der Waals surface area contributed by atoms with E-state index in [1.165, 1.54) is 63.6 Å². The van der Waals surface area contributed by atoms with Crippen LogP contribution in [0.5, 0.6) is 5.75 Å². The Morgan fingerprint density at radius 1 is 0.895 bits per heavy atom. The van der Waals surface area contributed by atoms with Crippen molar-refractivity contribution in [1.82, 2.24) is 4.90 Å². The van der Waals surface area contributed by atoms with Crippen LogP contribution in [-0.4, -0.2) is 25.1 Å². The molecule has 1 saturated heterocycles. The van der Waals surface area contributed by atoms with Crippen LogP contribution in [0.3, 0.4) is 0 Å². The average Bonchev–Trinajstić information content (AvgIpc) is 3.03. The van der Waals surface area contributed by atoms with Gasteiger partial charge in [0.15, 0.2) is 0 Å². The van der Waals surface area contributed by atoms with Gasteiger partial charge in [-0.3, -0.25) is 4.90 Å². The highest BCUT2D eigenvalue weighted by molar-refractivity contribution is 5.32. The van der Waals surface area contributed by atoms with Gasteiger partial charge >= 0.3 is 0 Å². The summed E-state index contributed by atoms with van der Waals surface area (Å²) >= 11 is 0. The fraction of sp³-hybridized carbons (Fsp3) is 0.647. The highest BCUT2D eigenvalue weighted by Gasteiger charge is 2.40. The molecule has 0 amide bonds. The molecule has 1 aromatic rings. The molecule has 0 unspecified atom stereocenters. The summed E-state index contributed by atoms with van der Waals surface area (Å²) < 4.78 is 5.30. The van der Waals surface area contributed by atoms with Gasteiger partial charge in [-0.2, -0.15) is 0 Å². The summed E-state index contributed by atoms with van der Waals surface area (Å²) in [5, 5.41) is 0. The van der Waals surface area contributed by atoms with Crippen molar-refractivity contribution in [2.45, 2.75) is 50.5 Å². The fourth-order valence-electron chi connectivity index (χ4n) is 3.97. The van der Waals surface area contributed by atoms with Gasteiger partial charge in [0.2, 0.25) is 0 Å². The number of likely N-dealkylation sites (tertiary alicyclic amines) is 1. The van der Waals surface area contributed by atoms with Crippen LogP contribution in [0.25, 0.3) is 0 Å². The third-order valence-corrected chi connectivity index (χ3v) is 5.02. The van der Waals surface area contributed by atoms with Crippen LogP contribution in [0.2, 0.25) is 0 Å². The van der Waals surface area contributed by atoms with Crippen molar-refractivity contribution >= 4 is 0 Å². The third kappa shape index (κ3) is 2.38. The molecule has 0 aromatic heterocycles. The number of ether oxygens (including phenoxy) is 1. The van der Waals surface area contributed by atoms with Crippen molar-refractivity contribution < 1.29 is 4.74 Å². The molecule has 2 nitrogen and oxygen atoms in total. The second kappa shape index (κ2) is 5.54. The van der Waals surface area contributed by atoms with Crippen LogP contribution in [-0.2, 0) is 5.54 Å². The van der Waals surface area contributed by atoms with Gasteiger partial charge in [0.1, 0.15) is 5.75 Å². The van der Waals surface area contributed by atoms with Gasteiger partial charge in [-0.1, -0.05) is 31.4 Å². The lowest BCUT2D eigenvalue weighted by Gasteiger charge is -2.45. The van der Waals surface area contributed by atoms with E-state index in [4.69, 9.17) is 4.74 Å². The predicted molar refractivity (Wildman–Crippen MR) is 78.6 cm³/mol. The van der Waals surface area contributed by atoms with E-state index in [-0.39, 0.29) is 0 Å². The average molecular weight is 259 g/mol. The molecule has 1 aliphatic heterocycles. The molecule has 0 atom stereocenters. The summed E-state index contributed by atoms with van der Waals surface area (Å²) in [7, 11) is 1.74. The Morgan fingerprint density at radius 2 is 1.53 bits per heavy atom. The van der Waals surface area contributed by atoms with Crippen molar-refractivity contribution in [3.8, 4) is 5.75 Å². The normalized spacial score (nSPS) is 23.4. The summed E-state index contributed by atoms with van der Waals surface area (Å²) in [5.74, 6) is 0.969. The topological polar surface area (TPSA) is 12.5 Å². The first-order chi connectivity index (χ1) is 9.35. The lowest BCUT2D eigenvalue weighted by molar-refractivity contribution is 0.0705. The molecule has 0 bridgehead atoms. The lowest BCUT2D eigenvalue weighted by Crippen LogP contribution is -2.46. The minimum absolute atomic E-state index is 0.320. The van der Waals surface area contributed by atoms with Crippen molar-refractivity contribution in [3.05, 3.63) is 29.8 Å². The van der Waals surface area contributed by atoms with Gasteiger partial charge in [0.05, 0.1) is 7.11 Å². The summed E-state index contributed by atoms with van der Waals surface area (Å²) in [6.07, 6.45) is 9.57. The molecule has 0 spiro atoms. The smallest absolute Gasteiger partial charge is 0.118 e. The molecular weight excluding hydrogens is 234 g/mol. The zero-order valence-corrected chi connectivity index (χ0v) is 12.0. The maximum Gasteiger partial charge on any atom is 0.118 e. The number of methoxy groups -OCH3 is 1. The SMILES string of the molecule is COc1ccc(C2(N3CCCC3)CCCCC2)cc1. The summed E-state index contributed by atoms with van der Waals surface area (Å²) in [5.41, 5.74) is 1.83. The Bertz CT molecular complexity index is 400. The van der Waals surface area contributed by atoms with Crippen molar-refractivity contribution in [3.63, 3.8) is 0 Å². The molecule has 1 aliphatic carbocycles. The van der Waals surface area contributed by atoms with E-state index in [0.29, 0.717) is 5.54 Å². The highest BCUT2D eigenvalue weighted by atomic mass is 16.5. The molecule has 0 N–H and O–H groups in total. The number of rotatable bonds is 3. The Kier molecular flexibility index (Phi) is 3.79. The van der Waals surface area contributed by atoms with Crippen LogP contribution >= 0.6 is 0 Å². The predicted octanol–water partition coefficient (Wildman–Crippen LogP) is 3.95. The molecule has 1 aromatic carbocycles. The first-order valence-electron chi connectivity index (χ1n) is 7.75. The Labute approximate surface area is 116 Å². The molecule has 0 radical (unpaired) electrons. The molecule has 2 fully saturated rings. The van der Waals surface area contributed by atoms with E-state index >= 15 is 0 Å². The summed E-state index contributed by atoms with van der Waals surface area (Å²) in [6.45, 7) is 2.57. The van der Waals surface area contributed by atoms with Gasteiger partial charge in [-0.05, 0) is 56.5 Å². The first-order valence-corrected chi connectivity index (χ1v) is 7.75. The fourth-order valence-corrected chi connectivity index (χ4v) is 3.97.